The molecule has 7 heteroatoms. The van der Waals surface area contributed by atoms with Gasteiger partial charge in [-0.25, -0.2) is 14.6 Å². The SMILES string of the molecule is O=C(Nc1nc2c(s1)CCCCCC2)c1ccc(Cn2cncn2)cc1. The van der Waals surface area contributed by atoms with E-state index in [2.05, 4.69) is 20.4 Å². The third-order valence-corrected chi connectivity index (χ3v) is 5.67. The number of fused-ring (bicyclic) bond motifs is 1. The molecule has 1 aromatic carbocycles. The molecule has 2 heterocycles. The number of carbonyl (C=O) groups excluding carboxylic acids is 1. The fraction of sp³-hybridized carbons (Fsp3) is 0.368. The van der Waals surface area contributed by atoms with Crippen LogP contribution in [0.1, 0.15) is 52.2 Å². The average molecular weight is 367 g/mol. The molecule has 1 aliphatic carbocycles. The van der Waals surface area contributed by atoms with Crippen LogP contribution in [0.3, 0.4) is 0 Å². The van der Waals surface area contributed by atoms with Gasteiger partial charge in [-0.3, -0.25) is 10.1 Å². The maximum absolute atomic E-state index is 12.5. The minimum atomic E-state index is -0.112. The highest BCUT2D eigenvalue weighted by Gasteiger charge is 2.15. The highest BCUT2D eigenvalue weighted by Crippen LogP contribution is 2.28. The van der Waals surface area contributed by atoms with Crippen molar-refractivity contribution in [2.75, 3.05) is 5.32 Å². The maximum atomic E-state index is 12.5. The first-order valence-corrected chi connectivity index (χ1v) is 9.81. The van der Waals surface area contributed by atoms with E-state index in [9.17, 15) is 4.79 Å². The number of amides is 1. The van der Waals surface area contributed by atoms with Crippen LogP contribution in [0.2, 0.25) is 0 Å². The third-order valence-electron chi connectivity index (χ3n) is 4.59. The van der Waals surface area contributed by atoms with Gasteiger partial charge in [0.25, 0.3) is 5.91 Å². The number of carbonyl (C=O) groups is 1. The Hall–Kier alpha value is -2.54. The van der Waals surface area contributed by atoms with E-state index in [1.54, 1.807) is 22.3 Å². The Morgan fingerprint density at radius 2 is 1.92 bits per heavy atom. The Morgan fingerprint density at radius 3 is 2.69 bits per heavy atom. The molecule has 1 aliphatic rings. The Morgan fingerprint density at radius 1 is 1.12 bits per heavy atom. The number of rotatable bonds is 4. The number of thiazole rings is 1. The van der Waals surface area contributed by atoms with Crippen molar-refractivity contribution in [2.24, 2.45) is 0 Å². The zero-order valence-electron chi connectivity index (χ0n) is 14.5. The number of nitrogens with zero attached hydrogens (tertiary/aromatic N) is 4. The van der Waals surface area contributed by atoms with Crippen molar-refractivity contribution >= 4 is 22.4 Å². The smallest absolute Gasteiger partial charge is 0.257 e. The molecule has 0 radical (unpaired) electrons. The molecule has 0 aliphatic heterocycles. The van der Waals surface area contributed by atoms with Crippen molar-refractivity contribution in [3.63, 3.8) is 0 Å². The van der Waals surface area contributed by atoms with E-state index < -0.39 is 0 Å². The van der Waals surface area contributed by atoms with E-state index in [-0.39, 0.29) is 5.91 Å². The van der Waals surface area contributed by atoms with Crippen LogP contribution in [0.4, 0.5) is 5.13 Å². The van der Waals surface area contributed by atoms with Crippen LogP contribution in [0.25, 0.3) is 0 Å². The molecule has 1 amide bonds. The molecule has 1 N–H and O–H groups in total. The second-order valence-corrected chi connectivity index (χ2v) is 7.63. The molecule has 0 saturated heterocycles. The summed E-state index contributed by atoms with van der Waals surface area (Å²) in [7, 11) is 0. The van der Waals surface area contributed by atoms with Crippen molar-refractivity contribution in [1.29, 1.82) is 0 Å². The molecule has 26 heavy (non-hydrogen) atoms. The lowest BCUT2D eigenvalue weighted by Gasteiger charge is -2.06. The van der Waals surface area contributed by atoms with Crippen molar-refractivity contribution in [2.45, 2.75) is 45.1 Å². The van der Waals surface area contributed by atoms with Crippen LogP contribution in [0, 0.1) is 0 Å². The summed E-state index contributed by atoms with van der Waals surface area (Å²) in [4.78, 5) is 22.4. The van der Waals surface area contributed by atoms with Crippen molar-refractivity contribution in [3.8, 4) is 0 Å². The quantitative estimate of drug-likeness (QED) is 0.763. The first kappa shape index (κ1) is 16.9. The van der Waals surface area contributed by atoms with Crippen LogP contribution < -0.4 is 5.32 Å². The number of aromatic nitrogens is 4. The first-order chi connectivity index (χ1) is 12.8. The van der Waals surface area contributed by atoms with E-state index in [1.165, 1.54) is 42.6 Å². The van der Waals surface area contributed by atoms with Gasteiger partial charge in [-0.05, 0) is 43.4 Å². The van der Waals surface area contributed by atoms with Crippen LogP contribution in [-0.2, 0) is 19.4 Å². The Kier molecular flexibility index (Phi) is 5.06. The molecule has 0 saturated carbocycles. The molecular formula is C19H21N5OS. The molecule has 0 spiro atoms. The number of benzene rings is 1. The second kappa shape index (κ2) is 7.78. The van der Waals surface area contributed by atoms with Gasteiger partial charge in [0.1, 0.15) is 12.7 Å². The predicted octanol–water partition coefficient (Wildman–Crippen LogP) is 3.69. The average Bonchev–Trinajstić information content (AvgIpc) is 3.26. The fourth-order valence-corrected chi connectivity index (χ4v) is 4.24. The summed E-state index contributed by atoms with van der Waals surface area (Å²) in [5.41, 5.74) is 2.88. The Bertz CT molecular complexity index is 844. The second-order valence-electron chi connectivity index (χ2n) is 6.55. The van der Waals surface area contributed by atoms with Crippen molar-refractivity contribution < 1.29 is 4.79 Å². The van der Waals surface area contributed by atoms with Gasteiger partial charge in [0.2, 0.25) is 0 Å². The van der Waals surface area contributed by atoms with E-state index >= 15 is 0 Å². The van der Waals surface area contributed by atoms with Crippen LogP contribution >= 0.6 is 11.3 Å². The molecule has 0 bridgehead atoms. The minimum Gasteiger partial charge on any atom is -0.298 e. The number of anilines is 1. The first-order valence-electron chi connectivity index (χ1n) is 8.99. The monoisotopic (exact) mass is 367 g/mol. The zero-order chi connectivity index (χ0) is 17.8. The van der Waals surface area contributed by atoms with Gasteiger partial charge in [-0.2, -0.15) is 5.10 Å². The molecular weight excluding hydrogens is 346 g/mol. The number of hydrogen-bond acceptors (Lipinski definition) is 5. The van der Waals surface area contributed by atoms with Gasteiger partial charge < -0.3 is 0 Å². The largest absolute Gasteiger partial charge is 0.298 e. The number of aryl methyl sites for hydroxylation is 2. The molecule has 3 aromatic rings. The summed E-state index contributed by atoms with van der Waals surface area (Å²) in [6.07, 6.45) is 10.3. The summed E-state index contributed by atoms with van der Waals surface area (Å²) in [6, 6.07) is 7.56. The maximum Gasteiger partial charge on any atom is 0.257 e. The van der Waals surface area contributed by atoms with Gasteiger partial charge in [0, 0.05) is 10.4 Å². The van der Waals surface area contributed by atoms with E-state index in [0.29, 0.717) is 17.2 Å². The summed E-state index contributed by atoms with van der Waals surface area (Å²) < 4.78 is 1.75. The van der Waals surface area contributed by atoms with Crippen LogP contribution in [-0.4, -0.2) is 25.7 Å². The van der Waals surface area contributed by atoms with Gasteiger partial charge >= 0.3 is 0 Å². The summed E-state index contributed by atoms with van der Waals surface area (Å²) in [5.74, 6) is -0.112. The minimum absolute atomic E-state index is 0.112. The molecule has 2 aromatic heterocycles. The number of nitrogens with one attached hydrogen (secondary N) is 1. The predicted molar refractivity (Wildman–Crippen MR) is 102 cm³/mol. The molecule has 0 unspecified atom stereocenters. The standard InChI is InChI=1S/C19H21N5OS/c25-18(15-9-7-14(8-10-15)11-24-13-20-12-21-24)23-19-22-16-5-3-1-2-4-6-17(16)26-19/h7-10,12-13H,1-6,11H2,(H,22,23,25). The van der Waals surface area contributed by atoms with Gasteiger partial charge in [-0.15, -0.1) is 11.3 Å². The summed E-state index contributed by atoms with van der Waals surface area (Å²) >= 11 is 1.63. The van der Waals surface area contributed by atoms with Gasteiger partial charge in [0.05, 0.1) is 12.2 Å². The lowest BCUT2D eigenvalue weighted by molar-refractivity contribution is 0.102. The van der Waals surface area contributed by atoms with E-state index in [1.807, 2.05) is 24.3 Å². The Balaban J connectivity index is 1.42. The van der Waals surface area contributed by atoms with Gasteiger partial charge in [0.15, 0.2) is 5.13 Å². The third kappa shape index (κ3) is 3.99. The highest BCUT2D eigenvalue weighted by molar-refractivity contribution is 7.15. The van der Waals surface area contributed by atoms with Crippen LogP contribution in [0.15, 0.2) is 36.9 Å². The highest BCUT2D eigenvalue weighted by atomic mass is 32.1. The fourth-order valence-electron chi connectivity index (χ4n) is 3.19. The molecule has 0 fully saturated rings. The molecule has 0 atom stereocenters. The summed E-state index contributed by atoms with van der Waals surface area (Å²) in [6.45, 7) is 0.640. The molecule has 134 valence electrons. The molecule has 6 nitrogen and oxygen atoms in total. The van der Waals surface area contributed by atoms with Crippen LogP contribution in [0.5, 0.6) is 0 Å². The lowest BCUT2D eigenvalue weighted by Crippen LogP contribution is -2.12. The molecule has 4 rings (SSSR count). The summed E-state index contributed by atoms with van der Waals surface area (Å²) in [5, 5.41) is 7.77. The topological polar surface area (TPSA) is 72.7 Å². The van der Waals surface area contributed by atoms with Crippen molar-refractivity contribution in [3.05, 3.63) is 58.6 Å². The normalized spacial score (nSPS) is 14.3. The number of hydrogen-bond donors (Lipinski definition) is 1. The van der Waals surface area contributed by atoms with E-state index in [0.717, 1.165) is 18.4 Å². The van der Waals surface area contributed by atoms with Crippen molar-refractivity contribution in [1.82, 2.24) is 19.7 Å². The lowest BCUT2D eigenvalue weighted by atomic mass is 10.0. The van der Waals surface area contributed by atoms with Gasteiger partial charge in [-0.1, -0.05) is 25.0 Å². The zero-order valence-corrected chi connectivity index (χ0v) is 15.3. The van der Waals surface area contributed by atoms with E-state index in [4.69, 9.17) is 0 Å². The Labute approximate surface area is 156 Å².